The molecule has 0 radical (unpaired) electrons. The zero-order chi connectivity index (χ0) is 18.5. The summed E-state index contributed by atoms with van der Waals surface area (Å²) in [5, 5.41) is 0. The van der Waals surface area contributed by atoms with Crippen LogP contribution in [0.4, 0.5) is 0 Å². The van der Waals surface area contributed by atoms with E-state index in [2.05, 4.69) is 70.7 Å². The summed E-state index contributed by atoms with van der Waals surface area (Å²) in [6.07, 6.45) is 13.1. The maximum atomic E-state index is 4.96. The first-order valence-electron chi connectivity index (χ1n) is 9.90. The van der Waals surface area contributed by atoms with Gasteiger partial charge in [0.15, 0.2) is 0 Å². The second-order valence-electron chi connectivity index (χ2n) is 7.58. The Morgan fingerprint density at radius 3 is 1.46 bits per heavy atom. The number of aromatic nitrogens is 4. The lowest BCUT2D eigenvalue weighted by atomic mass is 9.90. The van der Waals surface area contributed by atoms with E-state index in [0.29, 0.717) is 0 Å². The molecule has 0 aromatic carbocycles. The van der Waals surface area contributed by atoms with Crippen LogP contribution in [-0.2, 0) is 12.8 Å². The average Bonchev–Trinajstić information content (AvgIpc) is 3.52. The van der Waals surface area contributed by atoms with Crippen LogP contribution in [0.25, 0.3) is 46.4 Å². The number of nitrogens with zero attached hydrogens (tertiary/aromatic N) is 2. The van der Waals surface area contributed by atoms with Crippen molar-refractivity contribution in [3.63, 3.8) is 0 Å². The van der Waals surface area contributed by atoms with Crippen molar-refractivity contribution >= 4 is 46.4 Å². The normalized spacial score (nSPS) is 15.0. The Bertz CT molecular complexity index is 1210. The minimum Gasteiger partial charge on any atom is -0.354 e. The molecule has 28 heavy (non-hydrogen) atoms. The standard InChI is InChI=1S/C24H20N4/c1-2-4-18-17(3-1)19-11-13-23(27-19)21-9-7-15(25-21)5-6-16-8-10-22(26-16)24-14-12-20(18)28-24/h5-14,25-26H,1-4H2. The van der Waals surface area contributed by atoms with Crippen molar-refractivity contribution < 1.29 is 0 Å². The van der Waals surface area contributed by atoms with Crippen LogP contribution in [-0.4, -0.2) is 19.9 Å². The number of rotatable bonds is 0. The third kappa shape index (κ3) is 2.53. The highest BCUT2D eigenvalue weighted by Crippen LogP contribution is 2.30. The van der Waals surface area contributed by atoms with Crippen LogP contribution in [0.15, 0.2) is 36.4 Å². The molecule has 3 aliphatic rings. The van der Waals surface area contributed by atoms with Crippen molar-refractivity contribution in [2.75, 3.05) is 0 Å². The average molecular weight is 364 g/mol. The zero-order valence-electron chi connectivity index (χ0n) is 15.5. The first-order chi connectivity index (χ1) is 13.8. The lowest BCUT2D eigenvalue weighted by Gasteiger charge is -2.15. The van der Waals surface area contributed by atoms with Crippen molar-refractivity contribution in [3.8, 4) is 0 Å². The van der Waals surface area contributed by atoms with Gasteiger partial charge in [-0.3, -0.25) is 0 Å². The number of hydrogen-bond acceptors (Lipinski definition) is 2. The molecule has 5 heterocycles. The van der Waals surface area contributed by atoms with Gasteiger partial charge in [0.25, 0.3) is 0 Å². The van der Waals surface area contributed by atoms with E-state index < -0.39 is 0 Å². The number of H-pyrrole nitrogens is 2. The number of nitrogens with one attached hydrogen (secondary N) is 2. The maximum absolute atomic E-state index is 4.96. The predicted molar refractivity (Wildman–Crippen MR) is 115 cm³/mol. The Morgan fingerprint density at radius 1 is 0.536 bits per heavy atom. The minimum atomic E-state index is 0.998. The molecule has 4 nitrogen and oxygen atoms in total. The molecule has 0 saturated carbocycles. The van der Waals surface area contributed by atoms with E-state index in [4.69, 9.17) is 9.97 Å². The summed E-state index contributed by atoms with van der Waals surface area (Å²) in [4.78, 5) is 16.9. The van der Waals surface area contributed by atoms with Crippen molar-refractivity contribution in [2.45, 2.75) is 25.7 Å². The molecule has 0 spiro atoms. The molecule has 0 amide bonds. The van der Waals surface area contributed by atoms with Crippen LogP contribution in [0.3, 0.4) is 0 Å². The van der Waals surface area contributed by atoms with Gasteiger partial charge in [-0.15, -0.1) is 0 Å². The van der Waals surface area contributed by atoms with Crippen molar-refractivity contribution in [3.05, 3.63) is 70.3 Å². The lowest BCUT2D eigenvalue weighted by molar-refractivity contribution is 0.681. The third-order valence-corrected chi connectivity index (χ3v) is 5.78. The summed E-state index contributed by atoms with van der Waals surface area (Å²) in [7, 11) is 0. The fourth-order valence-electron chi connectivity index (χ4n) is 4.33. The third-order valence-electron chi connectivity index (χ3n) is 5.78. The molecule has 0 unspecified atom stereocenters. The van der Waals surface area contributed by atoms with E-state index in [9.17, 15) is 0 Å². The number of fused-ring (bicyclic) bond motifs is 13. The van der Waals surface area contributed by atoms with Gasteiger partial charge in [-0.05, 0) is 97.5 Å². The van der Waals surface area contributed by atoms with Gasteiger partial charge >= 0.3 is 0 Å². The minimum absolute atomic E-state index is 0.998. The van der Waals surface area contributed by atoms with Gasteiger partial charge in [-0.2, -0.15) is 0 Å². The Labute approximate surface area is 162 Å². The van der Waals surface area contributed by atoms with Crippen molar-refractivity contribution in [1.82, 2.24) is 19.9 Å². The lowest BCUT2D eigenvalue weighted by Crippen LogP contribution is -2.06. The molecular weight excluding hydrogens is 344 g/mol. The van der Waals surface area contributed by atoms with Crippen LogP contribution < -0.4 is 0 Å². The van der Waals surface area contributed by atoms with Crippen molar-refractivity contribution in [2.24, 2.45) is 0 Å². The Morgan fingerprint density at radius 2 is 0.964 bits per heavy atom. The summed E-state index contributed by atoms with van der Waals surface area (Å²) >= 11 is 0. The van der Waals surface area contributed by atoms with Crippen LogP contribution in [0.1, 0.15) is 46.7 Å². The number of aromatic amines is 2. The molecule has 1 aliphatic carbocycles. The molecule has 136 valence electrons. The van der Waals surface area contributed by atoms with Gasteiger partial charge < -0.3 is 9.97 Å². The quantitative estimate of drug-likeness (QED) is 0.379. The van der Waals surface area contributed by atoms with E-state index >= 15 is 0 Å². The fraction of sp³-hybridized carbons (Fsp3) is 0.167. The zero-order valence-corrected chi connectivity index (χ0v) is 15.5. The molecule has 2 aliphatic heterocycles. The molecule has 0 fully saturated rings. The molecule has 4 heteroatoms. The number of hydrogen-bond donors (Lipinski definition) is 2. The van der Waals surface area contributed by atoms with Gasteiger partial charge in [-0.1, -0.05) is 0 Å². The molecule has 2 N–H and O–H groups in total. The van der Waals surface area contributed by atoms with Gasteiger partial charge in [0.05, 0.1) is 33.8 Å². The fourth-order valence-corrected chi connectivity index (χ4v) is 4.33. The van der Waals surface area contributed by atoms with E-state index in [1.54, 1.807) is 0 Å². The van der Waals surface area contributed by atoms with E-state index in [0.717, 1.165) is 57.7 Å². The van der Waals surface area contributed by atoms with Crippen molar-refractivity contribution in [1.29, 1.82) is 0 Å². The first-order valence-corrected chi connectivity index (χ1v) is 9.90. The van der Waals surface area contributed by atoms with Gasteiger partial charge in [0, 0.05) is 11.0 Å². The Hall–Kier alpha value is -3.40. The molecular formula is C24H20N4. The summed E-state index contributed by atoms with van der Waals surface area (Å²) in [6.45, 7) is 0. The highest BCUT2D eigenvalue weighted by molar-refractivity contribution is 5.83. The second-order valence-corrected chi connectivity index (χ2v) is 7.58. The van der Waals surface area contributed by atoms with Crippen LogP contribution >= 0.6 is 0 Å². The maximum Gasteiger partial charge on any atom is 0.0872 e. The summed E-state index contributed by atoms with van der Waals surface area (Å²) in [5.41, 5.74) is 11.1. The molecule has 3 aromatic heterocycles. The molecule has 0 atom stereocenters. The monoisotopic (exact) mass is 364 g/mol. The van der Waals surface area contributed by atoms with Gasteiger partial charge in [0.2, 0.25) is 0 Å². The summed E-state index contributed by atoms with van der Waals surface area (Å²) in [5.74, 6) is 0. The summed E-state index contributed by atoms with van der Waals surface area (Å²) in [6, 6.07) is 12.6. The van der Waals surface area contributed by atoms with Crippen LogP contribution in [0.5, 0.6) is 0 Å². The highest BCUT2D eigenvalue weighted by Gasteiger charge is 2.18. The van der Waals surface area contributed by atoms with E-state index in [1.165, 1.54) is 24.0 Å². The molecule has 0 saturated heterocycles. The van der Waals surface area contributed by atoms with Gasteiger partial charge in [0.1, 0.15) is 0 Å². The molecule has 8 bridgehead atoms. The van der Waals surface area contributed by atoms with Gasteiger partial charge in [-0.25, -0.2) is 9.97 Å². The highest BCUT2D eigenvalue weighted by atomic mass is 14.8. The van der Waals surface area contributed by atoms with Crippen LogP contribution in [0, 0.1) is 0 Å². The van der Waals surface area contributed by atoms with E-state index in [1.807, 2.05) is 0 Å². The Balaban J connectivity index is 1.75. The largest absolute Gasteiger partial charge is 0.354 e. The SMILES string of the molecule is C1=Cc2nc1c1c(c3nc(c4ccc(ccc5ccc2[nH]5)[nH]4)C=C3)CCCC1. The van der Waals surface area contributed by atoms with E-state index in [-0.39, 0.29) is 0 Å². The first kappa shape index (κ1) is 15.6. The van der Waals surface area contributed by atoms with Crippen LogP contribution in [0.2, 0.25) is 0 Å². The molecule has 6 rings (SSSR count). The predicted octanol–water partition coefficient (Wildman–Crippen LogP) is 5.53. The second kappa shape index (κ2) is 6.06. The molecule has 3 aromatic rings. The summed E-state index contributed by atoms with van der Waals surface area (Å²) < 4.78 is 0. The Kier molecular flexibility index (Phi) is 3.38. The topological polar surface area (TPSA) is 57.4 Å². The smallest absolute Gasteiger partial charge is 0.0872 e.